The first kappa shape index (κ1) is 11.4. The molecule has 0 amide bonds. The summed E-state index contributed by atoms with van der Waals surface area (Å²) in [6, 6.07) is 0. The summed E-state index contributed by atoms with van der Waals surface area (Å²) >= 11 is 0. The number of esters is 1. The number of carbonyl (C=O) groups excluding carboxylic acids is 2. The number of rotatable bonds is 4. The van der Waals surface area contributed by atoms with Gasteiger partial charge in [-0.05, 0) is 12.8 Å². The Bertz CT molecular complexity index is 367. The van der Waals surface area contributed by atoms with Gasteiger partial charge in [0.1, 0.15) is 11.3 Å². The molecule has 0 saturated heterocycles. The molecule has 0 atom stereocenters. The van der Waals surface area contributed by atoms with E-state index in [2.05, 4.69) is 5.16 Å². The minimum Gasteiger partial charge on any atom is -0.462 e. The van der Waals surface area contributed by atoms with Crippen LogP contribution >= 0.6 is 0 Å². The topological polar surface area (TPSA) is 69.4 Å². The van der Waals surface area contributed by atoms with E-state index in [1.54, 1.807) is 6.92 Å². The van der Waals surface area contributed by atoms with Crippen molar-refractivity contribution in [2.45, 2.75) is 26.7 Å². The molecule has 0 aliphatic heterocycles. The van der Waals surface area contributed by atoms with Crippen molar-refractivity contribution in [3.05, 3.63) is 17.0 Å². The van der Waals surface area contributed by atoms with Gasteiger partial charge in [0.05, 0.1) is 6.61 Å². The van der Waals surface area contributed by atoms with Gasteiger partial charge >= 0.3 is 5.97 Å². The number of nitrogens with zero attached hydrogens (tertiary/aromatic N) is 1. The molecule has 0 radical (unpaired) electrons. The molecule has 0 bridgehead atoms. The van der Waals surface area contributed by atoms with Crippen molar-refractivity contribution in [1.29, 1.82) is 0 Å². The lowest BCUT2D eigenvalue weighted by Gasteiger charge is -2.03. The Morgan fingerprint density at radius 1 is 1.60 bits per heavy atom. The summed E-state index contributed by atoms with van der Waals surface area (Å²) in [5.41, 5.74) is 0.595. The van der Waals surface area contributed by atoms with E-state index < -0.39 is 5.97 Å². The summed E-state index contributed by atoms with van der Waals surface area (Å²) in [7, 11) is 0. The van der Waals surface area contributed by atoms with Gasteiger partial charge in [-0.3, -0.25) is 4.79 Å². The summed E-state index contributed by atoms with van der Waals surface area (Å²) < 4.78 is 9.58. The summed E-state index contributed by atoms with van der Waals surface area (Å²) in [6.07, 6.45) is 0.463. The predicted molar refractivity (Wildman–Crippen MR) is 51.9 cm³/mol. The number of hydrogen-bond acceptors (Lipinski definition) is 5. The highest BCUT2D eigenvalue weighted by Crippen LogP contribution is 2.21. The highest BCUT2D eigenvalue weighted by molar-refractivity contribution is 5.97. The lowest BCUT2D eigenvalue weighted by atomic mass is 10.0. The van der Waals surface area contributed by atoms with Gasteiger partial charge in [0, 0.05) is 0 Å². The molecule has 0 unspecified atom stereocenters. The molecule has 0 spiro atoms. The van der Waals surface area contributed by atoms with Crippen LogP contribution in [-0.4, -0.2) is 24.0 Å². The van der Waals surface area contributed by atoms with Gasteiger partial charge in [0.25, 0.3) is 0 Å². The minimum absolute atomic E-state index is 0.00172. The van der Waals surface area contributed by atoms with Crippen LogP contribution in [0, 0.1) is 0 Å². The third kappa shape index (κ3) is 2.23. The summed E-state index contributed by atoms with van der Waals surface area (Å²) in [6.45, 7) is 5.66. The van der Waals surface area contributed by atoms with Crippen molar-refractivity contribution >= 4 is 12.3 Å². The number of carbonyl (C=O) groups is 2. The molecule has 5 nitrogen and oxygen atoms in total. The monoisotopic (exact) mass is 211 g/mol. The maximum atomic E-state index is 11.5. The first-order valence-electron chi connectivity index (χ1n) is 4.73. The van der Waals surface area contributed by atoms with Crippen LogP contribution in [0.3, 0.4) is 0 Å². The average Bonchev–Trinajstić information content (AvgIpc) is 2.61. The normalized spacial score (nSPS) is 10.4. The van der Waals surface area contributed by atoms with Crippen LogP contribution in [0.1, 0.15) is 53.3 Å². The molecule has 0 aromatic carbocycles. The molecule has 1 rings (SSSR count). The van der Waals surface area contributed by atoms with Crippen molar-refractivity contribution in [3.8, 4) is 0 Å². The lowest BCUT2D eigenvalue weighted by Crippen LogP contribution is -2.09. The van der Waals surface area contributed by atoms with Gasteiger partial charge < -0.3 is 9.26 Å². The number of hydrogen-bond donors (Lipinski definition) is 0. The van der Waals surface area contributed by atoms with Crippen LogP contribution in [0.25, 0.3) is 0 Å². The number of aldehydes is 1. The molecule has 0 fully saturated rings. The zero-order valence-corrected chi connectivity index (χ0v) is 8.94. The second-order valence-corrected chi connectivity index (χ2v) is 3.30. The average molecular weight is 211 g/mol. The zero-order chi connectivity index (χ0) is 11.4. The fraction of sp³-hybridized carbons (Fsp3) is 0.500. The maximum absolute atomic E-state index is 11.5. The van der Waals surface area contributed by atoms with Gasteiger partial charge in [-0.1, -0.05) is 19.0 Å². The van der Waals surface area contributed by atoms with Crippen LogP contribution in [0.4, 0.5) is 0 Å². The molecule has 1 aromatic rings. The van der Waals surface area contributed by atoms with E-state index in [0.29, 0.717) is 12.0 Å². The molecule has 0 aliphatic carbocycles. The minimum atomic E-state index is -0.565. The molecule has 0 N–H and O–H groups in total. The van der Waals surface area contributed by atoms with Crippen LogP contribution < -0.4 is 0 Å². The maximum Gasteiger partial charge on any atom is 0.344 e. The van der Waals surface area contributed by atoms with Crippen molar-refractivity contribution in [1.82, 2.24) is 5.16 Å². The summed E-state index contributed by atoms with van der Waals surface area (Å²) in [4.78, 5) is 22.2. The summed E-state index contributed by atoms with van der Waals surface area (Å²) in [5, 5.41) is 3.68. The molecule has 0 saturated carbocycles. The van der Waals surface area contributed by atoms with E-state index in [1.165, 1.54) is 0 Å². The quantitative estimate of drug-likeness (QED) is 0.561. The number of ether oxygens (including phenoxy) is 1. The highest BCUT2D eigenvalue weighted by Gasteiger charge is 2.25. The van der Waals surface area contributed by atoms with Gasteiger partial charge in [0.2, 0.25) is 5.76 Å². The van der Waals surface area contributed by atoms with E-state index >= 15 is 0 Å². The zero-order valence-electron chi connectivity index (χ0n) is 8.94. The van der Waals surface area contributed by atoms with Gasteiger partial charge in [-0.2, -0.15) is 0 Å². The van der Waals surface area contributed by atoms with E-state index in [-0.39, 0.29) is 23.8 Å². The smallest absolute Gasteiger partial charge is 0.344 e. The van der Waals surface area contributed by atoms with Crippen LogP contribution in [0.5, 0.6) is 0 Å². The standard InChI is InChI=1S/C10H13NO4/c1-4-14-10(13)8-7(5-12)15-11-9(8)6(2)3/h5-6H,4H2,1-3H3. The van der Waals surface area contributed by atoms with E-state index in [0.717, 1.165) is 0 Å². The largest absolute Gasteiger partial charge is 0.462 e. The Labute approximate surface area is 87.4 Å². The molecular weight excluding hydrogens is 198 g/mol. The SMILES string of the molecule is CCOC(=O)c1c(C(C)C)noc1C=O. The Kier molecular flexibility index (Phi) is 3.60. The fourth-order valence-corrected chi connectivity index (χ4v) is 1.20. The third-order valence-electron chi connectivity index (χ3n) is 1.88. The molecule has 1 aromatic heterocycles. The first-order chi connectivity index (χ1) is 7.11. The first-order valence-corrected chi connectivity index (χ1v) is 4.73. The van der Waals surface area contributed by atoms with Crippen LogP contribution in [0.15, 0.2) is 4.52 Å². The molecule has 1 heterocycles. The molecular formula is C10H13NO4. The van der Waals surface area contributed by atoms with Crippen molar-refractivity contribution < 1.29 is 18.8 Å². The van der Waals surface area contributed by atoms with E-state index in [1.807, 2.05) is 13.8 Å². The Hall–Kier alpha value is -1.65. The predicted octanol–water partition coefficient (Wildman–Crippen LogP) is 1.79. The van der Waals surface area contributed by atoms with Crippen molar-refractivity contribution in [2.75, 3.05) is 6.61 Å². The van der Waals surface area contributed by atoms with E-state index in [4.69, 9.17) is 9.26 Å². The Morgan fingerprint density at radius 3 is 2.73 bits per heavy atom. The van der Waals surface area contributed by atoms with Crippen molar-refractivity contribution in [2.24, 2.45) is 0 Å². The van der Waals surface area contributed by atoms with E-state index in [9.17, 15) is 9.59 Å². The second kappa shape index (κ2) is 4.72. The van der Waals surface area contributed by atoms with Gasteiger partial charge in [0.15, 0.2) is 6.29 Å². The fourth-order valence-electron chi connectivity index (χ4n) is 1.20. The number of aromatic nitrogens is 1. The third-order valence-corrected chi connectivity index (χ3v) is 1.88. The molecule has 15 heavy (non-hydrogen) atoms. The van der Waals surface area contributed by atoms with Crippen LogP contribution in [-0.2, 0) is 4.74 Å². The summed E-state index contributed by atoms with van der Waals surface area (Å²) in [5.74, 6) is -0.636. The second-order valence-electron chi connectivity index (χ2n) is 3.30. The van der Waals surface area contributed by atoms with Gasteiger partial charge in [-0.25, -0.2) is 4.79 Å². The Balaban J connectivity index is 3.15. The van der Waals surface area contributed by atoms with Crippen molar-refractivity contribution in [3.63, 3.8) is 0 Å². The van der Waals surface area contributed by atoms with Crippen LogP contribution in [0.2, 0.25) is 0 Å². The molecule has 0 aliphatic rings. The van der Waals surface area contributed by atoms with Gasteiger partial charge in [-0.15, -0.1) is 0 Å². The highest BCUT2D eigenvalue weighted by atomic mass is 16.5. The lowest BCUT2D eigenvalue weighted by molar-refractivity contribution is 0.0521. The Morgan fingerprint density at radius 2 is 2.27 bits per heavy atom. The molecule has 82 valence electrons. The molecule has 5 heteroatoms.